The Kier molecular flexibility index (Phi) is 3.79. The van der Waals surface area contributed by atoms with Crippen LogP contribution in [-0.2, 0) is 5.33 Å². The molecule has 21 heavy (non-hydrogen) atoms. The highest BCUT2D eigenvalue weighted by Crippen LogP contribution is 2.26. The van der Waals surface area contributed by atoms with Gasteiger partial charge in [-0.3, -0.25) is 4.57 Å². The van der Waals surface area contributed by atoms with Gasteiger partial charge in [-0.2, -0.15) is 0 Å². The molecule has 0 aliphatic carbocycles. The van der Waals surface area contributed by atoms with E-state index in [1.54, 1.807) is 4.57 Å². The van der Waals surface area contributed by atoms with Crippen molar-refractivity contribution in [2.45, 2.75) is 5.33 Å². The Balaban J connectivity index is 2.22. The molecule has 0 amide bonds. The van der Waals surface area contributed by atoms with Gasteiger partial charge < -0.3 is 0 Å². The van der Waals surface area contributed by atoms with Gasteiger partial charge in [0.05, 0.1) is 10.9 Å². The smallest absolute Gasteiger partial charge is 0.171 e. The van der Waals surface area contributed by atoms with E-state index in [1.165, 1.54) is 12.1 Å². The summed E-state index contributed by atoms with van der Waals surface area (Å²) >= 11 is 3.34. The molecule has 0 N–H and O–H groups in total. The first-order valence-corrected chi connectivity index (χ1v) is 7.34. The van der Waals surface area contributed by atoms with Gasteiger partial charge in [0.2, 0.25) is 0 Å². The maximum Gasteiger partial charge on any atom is 0.171 e. The molecule has 0 bridgehead atoms. The maximum absolute atomic E-state index is 14.0. The molecule has 0 aliphatic rings. The van der Waals surface area contributed by atoms with Crippen LogP contribution in [0.3, 0.4) is 0 Å². The number of hydrogen-bond acceptors (Lipinski definition) is 2. The highest BCUT2D eigenvalue weighted by molar-refractivity contribution is 9.08. The normalized spacial score (nSPS) is 10.8. The third kappa shape index (κ3) is 2.58. The first kappa shape index (κ1) is 13.9. The lowest BCUT2D eigenvalue weighted by atomic mass is 10.2. The first-order valence-electron chi connectivity index (χ1n) is 6.22. The van der Waals surface area contributed by atoms with Crippen molar-refractivity contribution < 1.29 is 8.78 Å². The third-order valence-electron chi connectivity index (χ3n) is 3.04. The van der Waals surface area contributed by atoms with Crippen molar-refractivity contribution in [1.82, 2.24) is 14.8 Å². The highest BCUT2D eigenvalue weighted by atomic mass is 79.9. The van der Waals surface area contributed by atoms with Crippen molar-refractivity contribution in [1.29, 1.82) is 0 Å². The lowest BCUT2D eigenvalue weighted by molar-refractivity contribution is 0.584. The van der Waals surface area contributed by atoms with E-state index in [2.05, 4.69) is 26.1 Å². The molecule has 1 aromatic heterocycles. The van der Waals surface area contributed by atoms with Gasteiger partial charge >= 0.3 is 0 Å². The lowest BCUT2D eigenvalue weighted by Crippen LogP contribution is -2.02. The fourth-order valence-electron chi connectivity index (χ4n) is 2.10. The van der Waals surface area contributed by atoms with Crippen molar-refractivity contribution >= 4 is 15.9 Å². The number of rotatable bonds is 3. The monoisotopic (exact) mass is 349 g/mol. The van der Waals surface area contributed by atoms with Crippen LogP contribution < -0.4 is 0 Å². The van der Waals surface area contributed by atoms with Gasteiger partial charge in [-0.15, -0.1) is 10.2 Å². The minimum Gasteiger partial charge on any atom is -0.278 e. The van der Waals surface area contributed by atoms with E-state index in [-0.39, 0.29) is 5.56 Å². The topological polar surface area (TPSA) is 30.7 Å². The molecule has 3 rings (SSSR count). The molecule has 0 saturated heterocycles. The second kappa shape index (κ2) is 5.73. The van der Waals surface area contributed by atoms with E-state index in [1.807, 2.05) is 30.3 Å². The second-order valence-corrected chi connectivity index (χ2v) is 4.93. The molecule has 6 heteroatoms. The van der Waals surface area contributed by atoms with Crippen LogP contribution in [-0.4, -0.2) is 14.8 Å². The fourth-order valence-corrected chi connectivity index (χ4v) is 2.46. The van der Waals surface area contributed by atoms with Gasteiger partial charge in [0.15, 0.2) is 5.82 Å². The number of nitrogens with zero attached hydrogens (tertiary/aromatic N) is 3. The third-order valence-corrected chi connectivity index (χ3v) is 3.54. The van der Waals surface area contributed by atoms with E-state index in [0.717, 1.165) is 11.8 Å². The van der Waals surface area contributed by atoms with Crippen LogP contribution >= 0.6 is 15.9 Å². The van der Waals surface area contributed by atoms with E-state index in [0.29, 0.717) is 17.0 Å². The van der Waals surface area contributed by atoms with Crippen LogP contribution in [0.25, 0.3) is 17.1 Å². The van der Waals surface area contributed by atoms with Gasteiger partial charge in [-0.05, 0) is 24.3 Å². The summed E-state index contributed by atoms with van der Waals surface area (Å²) in [5.41, 5.74) is 1.02. The minimum absolute atomic E-state index is 0.208. The summed E-state index contributed by atoms with van der Waals surface area (Å²) in [5.74, 6) is -0.309. The van der Waals surface area contributed by atoms with E-state index in [9.17, 15) is 8.78 Å². The number of hydrogen-bond donors (Lipinski definition) is 0. The molecular weight excluding hydrogens is 340 g/mol. The average molecular weight is 350 g/mol. The van der Waals surface area contributed by atoms with Crippen LogP contribution in [0.15, 0.2) is 48.5 Å². The Morgan fingerprint density at radius 3 is 2.43 bits per heavy atom. The molecule has 0 saturated carbocycles. The summed E-state index contributed by atoms with van der Waals surface area (Å²) in [6, 6.07) is 12.8. The van der Waals surface area contributed by atoms with Crippen molar-refractivity contribution in [3.8, 4) is 17.1 Å². The van der Waals surface area contributed by atoms with E-state index >= 15 is 0 Å². The Bertz CT molecular complexity index is 772. The quantitative estimate of drug-likeness (QED) is 0.666. The molecular formula is C15H10BrF2N3. The summed E-state index contributed by atoms with van der Waals surface area (Å²) in [7, 11) is 0. The molecule has 1 heterocycles. The van der Waals surface area contributed by atoms with E-state index in [4.69, 9.17) is 0 Å². The fraction of sp³-hybridized carbons (Fsp3) is 0.0667. The van der Waals surface area contributed by atoms with Crippen LogP contribution in [0.1, 0.15) is 5.82 Å². The van der Waals surface area contributed by atoms with Crippen LogP contribution in [0, 0.1) is 11.6 Å². The van der Waals surface area contributed by atoms with Crippen LogP contribution in [0.4, 0.5) is 8.78 Å². The summed E-state index contributed by atoms with van der Waals surface area (Å²) in [4.78, 5) is 0. The summed E-state index contributed by atoms with van der Waals surface area (Å²) in [5, 5.41) is 8.57. The lowest BCUT2D eigenvalue weighted by Gasteiger charge is -2.10. The average Bonchev–Trinajstić information content (AvgIpc) is 2.92. The largest absolute Gasteiger partial charge is 0.278 e. The molecule has 0 fully saturated rings. The molecule has 0 atom stereocenters. The summed E-state index contributed by atoms with van der Waals surface area (Å²) in [6.07, 6.45) is 0. The molecule has 3 aromatic rings. The van der Waals surface area contributed by atoms with Crippen molar-refractivity contribution in [2.75, 3.05) is 0 Å². The molecule has 0 spiro atoms. The Hall–Kier alpha value is -2.08. The predicted octanol–water partition coefficient (Wildman–Crippen LogP) is 4.11. The zero-order valence-corrected chi connectivity index (χ0v) is 12.4. The van der Waals surface area contributed by atoms with Crippen molar-refractivity contribution in [3.63, 3.8) is 0 Å². The molecule has 0 aliphatic heterocycles. The molecule has 0 unspecified atom stereocenters. The molecule has 0 radical (unpaired) electrons. The molecule has 3 nitrogen and oxygen atoms in total. The number of aromatic nitrogens is 3. The minimum atomic E-state index is -0.666. The van der Waals surface area contributed by atoms with Gasteiger partial charge in [-0.25, -0.2) is 8.78 Å². The Morgan fingerprint density at radius 2 is 1.76 bits per heavy atom. The van der Waals surface area contributed by atoms with Gasteiger partial charge in [0.1, 0.15) is 17.5 Å². The van der Waals surface area contributed by atoms with E-state index < -0.39 is 11.6 Å². The van der Waals surface area contributed by atoms with Crippen LogP contribution in [0.5, 0.6) is 0 Å². The van der Waals surface area contributed by atoms with Gasteiger partial charge in [-0.1, -0.05) is 34.1 Å². The Morgan fingerprint density at radius 1 is 1.00 bits per heavy atom. The standard InChI is InChI=1S/C15H10BrF2N3/c16-9-14-19-20-15(12-7-6-10(17)8-13(12)18)21(14)11-4-2-1-3-5-11/h1-8H,9H2. The van der Waals surface area contributed by atoms with Gasteiger partial charge in [0, 0.05) is 11.8 Å². The SMILES string of the molecule is Fc1ccc(-c2nnc(CBr)n2-c2ccccc2)c(F)c1. The van der Waals surface area contributed by atoms with Gasteiger partial charge in [0.25, 0.3) is 0 Å². The number of halogens is 3. The zero-order valence-electron chi connectivity index (χ0n) is 10.8. The maximum atomic E-state index is 14.0. The Labute approximate surface area is 128 Å². The number of para-hydroxylation sites is 1. The summed E-state index contributed by atoms with van der Waals surface area (Å²) < 4.78 is 28.8. The van der Waals surface area contributed by atoms with Crippen molar-refractivity contribution in [2.24, 2.45) is 0 Å². The molecule has 106 valence electrons. The second-order valence-electron chi connectivity index (χ2n) is 4.37. The van der Waals surface area contributed by atoms with Crippen LogP contribution in [0.2, 0.25) is 0 Å². The number of alkyl halides is 1. The predicted molar refractivity (Wildman–Crippen MR) is 79.3 cm³/mol. The van der Waals surface area contributed by atoms with Crippen molar-refractivity contribution in [3.05, 3.63) is 66.0 Å². The first-order chi connectivity index (χ1) is 10.2. The molecule has 2 aromatic carbocycles. The number of benzene rings is 2. The summed E-state index contributed by atoms with van der Waals surface area (Å²) in [6.45, 7) is 0. The zero-order chi connectivity index (χ0) is 14.8. The highest BCUT2D eigenvalue weighted by Gasteiger charge is 2.17.